The molecule has 154 valence electrons. The predicted octanol–water partition coefficient (Wildman–Crippen LogP) is 3.72. The summed E-state index contributed by atoms with van der Waals surface area (Å²) < 4.78 is 33.3. The van der Waals surface area contributed by atoms with Gasteiger partial charge in [-0.1, -0.05) is 24.3 Å². The van der Waals surface area contributed by atoms with E-state index in [1.165, 1.54) is 19.1 Å². The minimum absolute atomic E-state index is 0.00736. The molecular formula is C21H18N2O6S. The molecule has 0 radical (unpaired) electrons. The third-order valence-electron chi connectivity index (χ3n) is 5.06. The summed E-state index contributed by atoms with van der Waals surface area (Å²) in [5.74, 6) is -0.672. The van der Waals surface area contributed by atoms with Gasteiger partial charge in [-0.15, -0.1) is 0 Å². The second-order valence-corrected chi connectivity index (χ2v) is 8.61. The minimum Gasteiger partial charge on any atom is -0.465 e. The third-order valence-corrected chi connectivity index (χ3v) is 6.66. The normalized spacial score (nSPS) is 13.1. The molecule has 0 bridgehead atoms. The Balaban J connectivity index is 1.96. The van der Waals surface area contributed by atoms with Gasteiger partial charge in [0.1, 0.15) is 6.04 Å². The molecule has 0 fully saturated rings. The molecule has 0 spiro atoms. The van der Waals surface area contributed by atoms with E-state index in [4.69, 9.17) is 4.74 Å². The van der Waals surface area contributed by atoms with Crippen LogP contribution in [0.2, 0.25) is 0 Å². The molecule has 0 aliphatic rings. The molecule has 30 heavy (non-hydrogen) atoms. The first-order valence-electron chi connectivity index (χ1n) is 9.28. The number of esters is 1. The zero-order chi connectivity index (χ0) is 21.6. The first-order valence-corrected chi connectivity index (χ1v) is 10.8. The van der Waals surface area contributed by atoms with Gasteiger partial charge in [-0.25, -0.2) is 8.42 Å². The van der Waals surface area contributed by atoms with Crippen molar-refractivity contribution in [2.24, 2.45) is 0 Å². The van der Waals surface area contributed by atoms with Crippen molar-refractivity contribution in [3.8, 4) is 0 Å². The van der Waals surface area contributed by atoms with Gasteiger partial charge in [0.15, 0.2) is 0 Å². The van der Waals surface area contributed by atoms with Crippen molar-refractivity contribution in [2.75, 3.05) is 6.61 Å². The predicted molar refractivity (Wildman–Crippen MR) is 113 cm³/mol. The second kappa shape index (κ2) is 7.19. The molecule has 9 heteroatoms. The lowest BCUT2D eigenvalue weighted by Crippen LogP contribution is -2.39. The molecule has 4 rings (SSSR count). The van der Waals surface area contributed by atoms with Crippen LogP contribution in [-0.2, 0) is 19.6 Å². The molecule has 0 saturated carbocycles. The fourth-order valence-electron chi connectivity index (χ4n) is 3.76. The van der Waals surface area contributed by atoms with Crippen LogP contribution in [-0.4, -0.2) is 32.0 Å². The molecule has 0 aromatic heterocycles. The van der Waals surface area contributed by atoms with Crippen LogP contribution in [0.1, 0.15) is 13.8 Å². The van der Waals surface area contributed by atoms with Gasteiger partial charge in [0.25, 0.3) is 5.69 Å². The van der Waals surface area contributed by atoms with Crippen molar-refractivity contribution in [1.29, 1.82) is 0 Å². The Morgan fingerprint density at radius 1 is 1.03 bits per heavy atom. The number of ether oxygens (including phenoxy) is 1. The largest absolute Gasteiger partial charge is 0.465 e. The average molecular weight is 426 g/mol. The number of rotatable bonds is 6. The highest BCUT2D eigenvalue weighted by Crippen LogP contribution is 2.40. The van der Waals surface area contributed by atoms with E-state index in [-0.39, 0.29) is 17.2 Å². The van der Waals surface area contributed by atoms with Gasteiger partial charge in [-0.05, 0) is 48.2 Å². The van der Waals surface area contributed by atoms with Gasteiger partial charge in [0, 0.05) is 16.8 Å². The zero-order valence-corrected chi connectivity index (χ0v) is 17.0. The standard InChI is InChI=1S/C21H18N2O6S/c1-3-29-21(24)12(2)22-30(27,28)18-11-7-14-5-4-13-6-10-17(23(25)26)15-8-9-16(18)20(14)19(13)15/h4-12,22H,3H2,1-2H3/t12-/m0/s1. The quantitative estimate of drug-likeness (QED) is 0.217. The number of nitrogens with zero attached hydrogens (tertiary/aromatic N) is 1. The number of non-ortho nitro benzene ring substituents is 1. The molecule has 0 amide bonds. The fraction of sp³-hybridized carbons (Fsp3) is 0.190. The number of nitro groups is 1. The summed E-state index contributed by atoms with van der Waals surface area (Å²) in [5, 5.41) is 15.1. The number of carbonyl (C=O) groups is 1. The van der Waals surface area contributed by atoms with E-state index in [2.05, 4.69) is 4.72 Å². The van der Waals surface area contributed by atoms with Crippen LogP contribution in [0.4, 0.5) is 5.69 Å². The highest BCUT2D eigenvalue weighted by Gasteiger charge is 2.26. The first kappa shape index (κ1) is 20.0. The summed E-state index contributed by atoms with van der Waals surface area (Å²) in [6.07, 6.45) is 0. The maximum atomic E-state index is 13.0. The van der Waals surface area contributed by atoms with Gasteiger partial charge in [0.2, 0.25) is 10.0 Å². The average Bonchev–Trinajstić information content (AvgIpc) is 2.71. The summed E-state index contributed by atoms with van der Waals surface area (Å²) >= 11 is 0. The van der Waals surface area contributed by atoms with E-state index >= 15 is 0 Å². The molecule has 1 N–H and O–H groups in total. The van der Waals surface area contributed by atoms with Crippen molar-refractivity contribution >= 4 is 54.0 Å². The Morgan fingerprint density at radius 2 is 1.60 bits per heavy atom. The highest BCUT2D eigenvalue weighted by atomic mass is 32.2. The number of nitrogens with one attached hydrogen (secondary N) is 1. The van der Waals surface area contributed by atoms with Gasteiger partial charge in [0.05, 0.1) is 21.8 Å². The van der Waals surface area contributed by atoms with Crippen LogP contribution in [0.25, 0.3) is 32.3 Å². The van der Waals surface area contributed by atoms with Crippen LogP contribution in [0, 0.1) is 10.1 Å². The van der Waals surface area contributed by atoms with Crippen LogP contribution in [0.15, 0.2) is 53.4 Å². The number of sulfonamides is 1. The lowest BCUT2D eigenvalue weighted by Gasteiger charge is -2.16. The molecule has 1 atom stereocenters. The van der Waals surface area contributed by atoms with Crippen molar-refractivity contribution in [3.05, 3.63) is 58.6 Å². The Kier molecular flexibility index (Phi) is 4.79. The molecule has 4 aromatic rings. The van der Waals surface area contributed by atoms with Crippen molar-refractivity contribution < 1.29 is 22.9 Å². The van der Waals surface area contributed by atoms with E-state index in [1.54, 1.807) is 31.2 Å². The summed E-state index contributed by atoms with van der Waals surface area (Å²) in [4.78, 5) is 22.9. The molecule has 0 heterocycles. The smallest absolute Gasteiger partial charge is 0.323 e. The second-order valence-electron chi connectivity index (χ2n) is 6.92. The van der Waals surface area contributed by atoms with Gasteiger partial charge >= 0.3 is 5.97 Å². The summed E-state index contributed by atoms with van der Waals surface area (Å²) in [7, 11) is -4.06. The number of hydrogen-bond donors (Lipinski definition) is 1. The van der Waals surface area contributed by atoms with Crippen LogP contribution >= 0.6 is 0 Å². The molecule has 0 aliphatic heterocycles. The third kappa shape index (κ3) is 3.12. The molecule has 0 aliphatic carbocycles. The first-order chi connectivity index (χ1) is 14.2. The molecular weight excluding hydrogens is 408 g/mol. The maximum Gasteiger partial charge on any atom is 0.323 e. The highest BCUT2D eigenvalue weighted by molar-refractivity contribution is 7.89. The maximum absolute atomic E-state index is 13.0. The van der Waals surface area contributed by atoms with Gasteiger partial charge in [-0.2, -0.15) is 4.72 Å². The van der Waals surface area contributed by atoms with Crippen LogP contribution < -0.4 is 4.72 Å². The number of nitro benzene ring substituents is 1. The zero-order valence-electron chi connectivity index (χ0n) is 16.2. The van der Waals surface area contributed by atoms with E-state index in [1.807, 2.05) is 12.1 Å². The van der Waals surface area contributed by atoms with E-state index in [0.29, 0.717) is 21.5 Å². The van der Waals surface area contributed by atoms with Crippen LogP contribution in [0.3, 0.4) is 0 Å². The van der Waals surface area contributed by atoms with E-state index in [9.17, 15) is 23.3 Å². The Morgan fingerprint density at radius 3 is 2.23 bits per heavy atom. The lowest BCUT2D eigenvalue weighted by molar-refractivity contribution is -0.383. The summed E-state index contributed by atoms with van der Waals surface area (Å²) in [6.45, 7) is 3.19. The van der Waals surface area contributed by atoms with Crippen molar-refractivity contribution in [3.63, 3.8) is 0 Å². The van der Waals surface area contributed by atoms with Gasteiger partial charge in [-0.3, -0.25) is 14.9 Å². The minimum atomic E-state index is -4.06. The van der Waals surface area contributed by atoms with Crippen LogP contribution in [0.5, 0.6) is 0 Å². The molecule has 4 aromatic carbocycles. The van der Waals surface area contributed by atoms with Crippen molar-refractivity contribution in [1.82, 2.24) is 4.72 Å². The van der Waals surface area contributed by atoms with Crippen molar-refractivity contribution in [2.45, 2.75) is 24.8 Å². The number of benzene rings is 4. The van der Waals surface area contributed by atoms with E-state index in [0.717, 1.165) is 10.8 Å². The number of hydrogen-bond acceptors (Lipinski definition) is 6. The lowest BCUT2D eigenvalue weighted by atomic mass is 9.93. The monoisotopic (exact) mass is 426 g/mol. The van der Waals surface area contributed by atoms with Gasteiger partial charge < -0.3 is 4.74 Å². The summed E-state index contributed by atoms with van der Waals surface area (Å²) in [6, 6.07) is 12.0. The Bertz CT molecular complexity index is 1410. The molecule has 8 nitrogen and oxygen atoms in total. The number of carbonyl (C=O) groups excluding carboxylic acids is 1. The van der Waals surface area contributed by atoms with E-state index < -0.39 is 27.0 Å². The fourth-order valence-corrected chi connectivity index (χ4v) is 5.16. The Hall–Kier alpha value is -3.30. The SMILES string of the molecule is CCOC(=O)[C@H](C)NS(=O)(=O)c1ccc2ccc3ccc([N+](=O)[O-])c4ccc1c2c34. The topological polar surface area (TPSA) is 116 Å². The molecule has 0 unspecified atom stereocenters. The Labute approximate surface area is 172 Å². The summed E-state index contributed by atoms with van der Waals surface area (Å²) in [5.41, 5.74) is -0.0424. The molecule has 0 saturated heterocycles.